The maximum atomic E-state index is 13.7. The van der Waals surface area contributed by atoms with Gasteiger partial charge in [0.25, 0.3) is 0 Å². The minimum absolute atomic E-state index is 0.369. The molecule has 1 heterocycles. The number of nitrogens with one attached hydrogen (secondary N) is 1. The second kappa shape index (κ2) is 8.29. The van der Waals surface area contributed by atoms with Crippen molar-refractivity contribution in [1.82, 2.24) is 0 Å². The van der Waals surface area contributed by atoms with Crippen LogP contribution in [0.15, 0.2) is 54.6 Å². The molecule has 2 aromatic rings. The SMILES string of the molecule is O[C@](C#CC[NH+]1CCCCCC1)(c1ccccc1)c1cccc(F)c1. The third kappa shape index (κ3) is 4.48. The topological polar surface area (TPSA) is 24.7 Å². The summed E-state index contributed by atoms with van der Waals surface area (Å²) >= 11 is 0. The largest absolute Gasteiger partial charge is 0.369 e. The number of rotatable bonds is 3. The smallest absolute Gasteiger partial charge is 0.177 e. The Balaban J connectivity index is 1.89. The number of halogens is 1. The summed E-state index contributed by atoms with van der Waals surface area (Å²) in [4.78, 5) is 1.47. The molecule has 0 saturated carbocycles. The van der Waals surface area contributed by atoms with Gasteiger partial charge in [0, 0.05) is 11.1 Å². The van der Waals surface area contributed by atoms with Gasteiger partial charge in [-0.15, -0.1) is 0 Å². The first-order chi connectivity index (χ1) is 12.2. The third-order valence-electron chi connectivity index (χ3n) is 4.85. The van der Waals surface area contributed by atoms with Crippen LogP contribution in [0.5, 0.6) is 0 Å². The number of hydrogen-bond acceptors (Lipinski definition) is 1. The summed E-state index contributed by atoms with van der Waals surface area (Å²) in [6.45, 7) is 2.99. The van der Waals surface area contributed by atoms with Gasteiger partial charge in [-0.2, -0.15) is 0 Å². The normalized spacial score (nSPS) is 17.8. The maximum Gasteiger partial charge on any atom is 0.177 e. The highest BCUT2D eigenvalue weighted by molar-refractivity contribution is 5.44. The van der Waals surface area contributed by atoms with Crippen molar-refractivity contribution in [2.45, 2.75) is 31.3 Å². The van der Waals surface area contributed by atoms with Crippen molar-refractivity contribution in [3.05, 3.63) is 71.5 Å². The highest BCUT2D eigenvalue weighted by atomic mass is 19.1. The fourth-order valence-corrected chi connectivity index (χ4v) is 3.41. The summed E-state index contributed by atoms with van der Waals surface area (Å²) in [6.07, 6.45) is 5.08. The molecule has 0 spiro atoms. The minimum atomic E-state index is -1.49. The van der Waals surface area contributed by atoms with Gasteiger partial charge < -0.3 is 10.0 Å². The Kier molecular flexibility index (Phi) is 5.86. The Bertz CT molecular complexity index is 741. The lowest BCUT2D eigenvalue weighted by molar-refractivity contribution is -0.891. The molecule has 3 rings (SSSR count). The summed E-state index contributed by atoms with van der Waals surface area (Å²) < 4.78 is 13.7. The van der Waals surface area contributed by atoms with Crippen LogP contribution in [0.3, 0.4) is 0 Å². The molecule has 0 aromatic heterocycles. The van der Waals surface area contributed by atoms with Crippen LogP contribution in [-0.4, -0.2) is 24.7 Å². The van der Waals surface area contributed by atoms with Gasteiger partial charge in [0.1, 0.15) is 12.4 Å². The van der Waals surface area contributed by atoms with Crippen molar-refractivity contribution in [3.63, 3.8) is 0 Å². The van der Waals surface area contributed by atoms with Crippen LogP contribution in [0.2, 0.25) is 0 Å². The molecule has 2 N–H and O–H groups in total. The van der Waals surface area contributed by atoms with Crippen LogP contribution in [0.1, 0.15) is 36.8 Å². The summed E-state index contributed by atoms with van der Waals surface area (Å²) in [5.41, 5.74) is -0.356. The molecule has 1 aliphatic rings. The molecule has 0 radical (unpaired) electrons. The molecule has 0 bridgehead atoms. The van der Waals surface area contributed by atoms with Crippen LogP contribution < -0.4 is 4.90 Å². The lowest BCUT2D eigenvalue weighted by Crippen LogP contribution is -3.11. The molecule has 1 aliphatic heterocycles. The van der Waals surface area contributed by atoms with Crippen molar-refractivity contribution in [1.29, 1.82) is 0 Å². The van der Waals surface area contributed by atoms with Gasteiger partial charge >= 0.3 is 0 Å². The van der Waals surface area contributed by atoms with Crippen LogP contribution in [0.25, 0.3) is 0 Å². The minimum Gasteiger partial charge on any atom is -0.369 e. The van der Waals surface area contributed by atoms with Crippen LogP contribution in [-0.2, 0) is 5.60 Å². The van der Waals surface area contributed by atoms with E-state index in [1.807, 2.05) is 30.3 Å². The van der Waals surface area contributed by atoms with E-state index < -0.39 is 5.60 Å². The Morgan fingerprint density at radius 2 is 1.60 bits per heavy atom. The fraction of sp³-hybridized carbons (Fsp3) is 0.364. The molecule has 1 atom stereocenters. The Hall–Kier alpha value is -2.15. The van der Waals surface area contributed by atoms with E-state index in [1.54, 1.807) is 12.1 Å². The van der Waals surface area contributed by atoms with Gasteiger partial charge in [-0.25, -0.2) is 4.39 Å². The lowest BCUT2D eigenvalue weighted by Gasteiger charge is -2.23. The van der Waals surface area contributed by atoms with Gasteiger partial charge in [0.15, 0.2) is 5.60 Å². The second-order valence-electron chi connectivity index (χ2n) is 6.73. The third-order valence-corrected chi connectivity index (χ3v) is 4.85. The molecule has 1 saturated heterocycles. The summed E-state index contributed by atoms with van der Waals surface area (Å²) in [6, 6.07) is 15.4. The molecule has 130 valence electrons. The Labute approximate surface area is 149 Å². The van der Waals surface area contributed by atoms with Crippen LogP contribution >= 0.6 is 0 Å². The van der Waals surface area contributed by atoms with E-state index in [9.17, 15) is 9.50 Å². The predicted octanol–water partition coefficient (Wildman–Crippen LogP) is 2.52. The number of hydrogen-bond donors (Lipinski definition) is 2. The average Bonchev–Trinajstić information content (AvgIpc) is 2.91. The summed E-state index contributed by atoms with van der Waals surface area (Å²) in [5, 5.41) is 11.3. The first-order valence-corrected chi connectivity index (χ1v) is 9.06. The van der Waals surface area contributed by atoms with Crippen molar-refractivity contribution >= 4 is 0 Å². The number of quaternary nitrogens is 1. The Morgan fingerprint density at radius 3 is 2.28 bits per heavy atom. The molecule has 2 aromatic carbocycles. The Morgan fingerprint density at radius 1 is 0.920 bits per heavy atom. The van der Waals surface area contributed by atoms with Crippen LogP contribution in [0.4, 0.5) is 4.39 Å². The van der Waals surface area contributed by atoms with Crippen LogP contribution in [0, 0.1) is 17.7 Å². The average molecular weight is 338 g/mol. The molecule has 2 nitrogen and oxygen atoms in total. The quantitative estimate of drug-likeness (QED) is 0.826. The number of likely N-dealkylation sites (tertiary alicyclic amines) is 1. The highest BCUT2D eigenvalue weighted by Gasteiger charge is 2.29. The molecular formula is C22H25FNO+. The number of aliphatic hydroxyl groups is 1. The van der Waals surface area contributed by atoms with Crippen molar-refractivity contribution in [3.8, 4) is 11.8 Å². The van der Waals surface area contributed by atoms with Crippen molar-refractivity contribution in [2.75, 3.05) is 19.6 Å². The summed E-state index contributed by atoms with van der Waals surface area (Å²) in [5.74, 6) is 5.85. The van der Waals surface area contributed by atoms with E-state index in [-0.39, 0.29) is 5.82 Å². The zero-order valence-electron chi connectivity index (χ0n) is 14.5. The van der Waals surface area contributed by atoms with Gasteiger partial charge in [0.2, 0.25) is 0 Å². The number of benzene rings is 2. The van der Waals surface area contributed by atoms with Gasteiger partial charge in [-0.1, -0.05) is 48.4 Å². The zero-order valence-corrected chi connectivity index (χ0v) is 14.5. The van der Waals surface area contributed by atoms with E-state index in [4.69, 9.17) is 0 Å². The summed E-state index contributed by atoms with van der Waals surface area (Å²) in [7, 11) is 0. The lowest BCUT2D eigenvalue weighted by atomic mass is 9.87. The predicted molar refractivity (Wildman–Crippen MR) is 97.6 cm³/mol. The molecule has 0 amide bonds. The van der Waals surface area contributed by atoms with Crippen molar-refractivity contribution < 1.29 is 14.4 Å². The molecule has 1 fully saturated rings. The molecule has 3 heteroatoms. The van der Waals surface area contributed by atoms with E-state index in [0.29, 0.717) is 17.7 Å². The first-order valence-electron chi connectivity index (χ1n) is 9.06. The zero-order chi connectivity index (χ0) is 17.5. The standard InChI is InChI=1S/C22H24FNO/c23-21-13-8-12-20(18-21)22(25,19-10-4-3-5-11-19)14-9-17-24-15-6-1-2-7-16-24/h3-5,8,10-13,18,25H,1-2,6-7,15-17H2/p+1/t22-/m1/s1. The fourth-order valence-electron chi connectivity index (χ4n) is 3.41. The van der Waals surface area contributed by atoms with Gasteiger partial charge in [-0.05, 0) is 43.7 Å². The van der Waals surface area contributed by atoms with E-state index in [0.717, 1.165) is 13.1 Å². The van der Waals surface area contributed by atoms with E-state index in [1.165, 1.54) is 42.7 Å². The molecule has 0 unspecified atom stereocenters. The monoisotopic (exact) mass is 338 g/mol. The van der Waals surface area contributed by atoms with Crippen molar-refractivity contribution in [2.24, 2.45) is 0 Å². The van der Waals surface area contributed by atoms with Gasteiger partial charge in [-0.3, -0.25) is 0 Å². The molecule has 0 aliphatic carbocycles. The van der Waals surface area contributed by atoms with Gasteiger partial charge in [0.05, 0.1) is 13.1 Å². The molecule has 25 heavy (non-hydrogen) atoms. The van der Waals surface area contributed by atoms with E-state index >= 15 is 0 Å². The molecular weight excluding hydrogens is 313 g/mol. The first kappa shape index (κ1) is 17.7. The maximum absolute atomic E-state index is 13.7. The van der Waals surface area contributed by atoms with E-state index in [2.05, 4.69) is 11.8 Å². The highest BCUT2D eigenvalue weighted by Crippen LogP contribution is 2.29. The second-order valence-corrected chi connectivity index (χ2v) is 6.73.